The van der Waals surface area contributed by atoms with Gasteiger partial charge in [0.05, 0.1) is 11.9 Å². The summed E-state index contributed by atoms with van der Waals surface area (Å²) in [6.07, 6.45) is 3.54. The van der Waals surface area contributed by atoms with Crippen LogP contribution in [0.15, 0.2) is 48.5 Å². The molecule has 2 aromatic rings. The number of anilines is 3. The van der Waals surface area contributed by atoms with Crippen LogP contribution in [0.25, 0.3) is 0 Å². The summed E-state index contributed by atoms with van der Waals surface area (Å²) in [5, 5.41) is 2.82. The molecule has 0 radical (unpaired) electrons. The number of nitrogens with one attached hydrogen (secondary N) is 1. The number of rotatable bonds is 7. The Hall–Kier alpha value is -2.54. The maximum Gasteiger partial charge on any atom is 0.245 e. The van der Waals surface area contributed by atoms with Crippen LogP contribution in [-0.4, -0.2) is 40.2 Å². The monoisotopic (exact) mass is 415 g/mol. The van der Waals surface area contributed by atoms with E-state index in [9.17, 15) is 13.2 Å². The van der Waals surface area contributed by atoms with Gasteiger partial charge >= 0.3 is 0 Å². The first-order valence-corrected chi connectivity index (χ1v) is 11.8. The summed E-state index contributed by atoms with van der Waals surface area (Å²) in [6.45, 7) is 5.85. The normalized spacial score (nSPS) is 14.3. The first-order chi connectivity index (χ1) is 13.8. The van der Waals surface area contributed by atoms with Gasteiger partial charge in [-0.2, -0.15) is 0 Å². The second kappa shape index (κ2) is 8.86. The van der Waals surface area contributed by atoms with Gasteiger partial charge in [-0.3, -0.25) is 9.10 Å². The first kappa shape index (κ1) is 21.2. The molecule has 0 aromatic heterocycles. The van der Waals surface area contributed by atoms with Crippen LogP contribution in [0.5, 0.6) is 0 Å². The molecule has 0 bridgehead atoms. The van der Waals surface area contributed by atoms with Crippen LogP contribution in [0.3, 0.4) is 0 Å². The molecule has 0 unspecified atom stereocenters. The zero-order valence-electron chi connectivity index (χ0n) is 17.3. The quantitative estimate of drug-likeness (QED) is 0.746. The van der Waals surface area contributed by atoms with Crippen LogP contribution in [0.1, 0.15) is 38.2 Å². The Morgan fingerprint density at radius 3 is 2.28 bits per heavy atom. The van der Waals surface area contributed by atoms with E-state index in [1.807, 2.05) is 50.2 Å². The highest BCUT2D eigenvalue weighted by molar-refractivity contribution is 7.92. The second-order valence-electron chi connectivity index (χ2n) is 7.77. The average molecular weight is 416 g/mol. The number of para-hydroxylation sites is 1. The fraction of sp³-hybridized carbons (Fsp3) is 0.409. The van der Waals surface area contributed by atoms with Crippen LogP contribution < -0.4 is 14.5 Å². The first-order valence-electron chi connectivity index (χ1n) is 9.97. The molecule has 0 aliphatic carbocycles. The Morgan fingerprint density at radius 1 is 1.07 bits per heavy atom. The summed E-state index contributed by atoms with van der Waals surface area (Å²) in [7, 11) is -3.61. The number of carbonyl (C=O) groups excluding carboxylic acids is 1. The van der Waals surface area contributed by atoms with Gasteiger partial charge in [-0.1, -0.05) is 32.0 Å². The van der Waals surface area contributed by atoms with Crippen LogP contribution in [0, 0.1) is 0 Å². The third kappa shape index (κ3) is 5.29. The van der Waals surface area contributed by atoms with E-state index in [1.54, 1.807) is 12.1 Å². The highest BCUT2D eigenvalue weighted by Gasteiger charge is 2.24. The molecule has 156 valence electrons. The molecule has 2 aromatic carbocycles. The van der Waals surface area contributed by atoms with Crippen LogP contribution in [0.2, 0.25) is 0 Å². The standard InChI is InChI=1S/C22H29N3O3S/c1-17(2)20-8-4-5-9-21(20)25(29(3,27)28)16-22(26)23-18-10-12-19(13-11-18)24-14-6-7-15-24/h4-5,8-13,17H,6-7,14-16H2,1-3H3,(H,23,26). The predicted octanol–water partition coefficient (Wildman–Crippen LogP) is 3.81. The molecule has 29 heavy (non-hydrogen) atoms. The van der Waals surface area contributed by atoms with Crippen molar-refractivity contribution >= 4 is 33.0 Å². The van der Waals surface area contributed by atoms with Gasteiger partial charge in [-0.05, 0) is 54.7 Å². The number of hydrogen-bond acceptors (Lipinski definition) is 4. The van der Waals surface area contributed by atoms with E-state index in [-0.39, 0.29) is 18.4 Å². The van der Waals surface area contributed by atoms with Crippen LogP contribution in [0.4, 0.5) is 17.1 Å². The highest BCUT2D eigenvalue weighted by atomic mass is 32.2. The minimum atomic E-state index is -3.61. The Balaban J connectivity index is 1.74. The molecular weight excluding hydrogens is 386 g/mol. The van der Waals surface area contributed by atoms with Gasteiger partial charge in [-0.25, -0.2) is 8.42 Å². The second-order valence-corrected chi connectivity index (χ2v) is 9.68. The number of benzene rings is 2. The van der Waals surface area contributed by atoms with Crippen molar-refractivity contribution in [1.82, 2.24) is 0 Å². The number of carbonyl (C=O) groups is 1. The third-order valence-corrected chi connectivity index (χ3v) is 6.26. The summed E-state index contributed by atoms with van der Waals surface area (Å²) in [5.74, 6) is -0.237. The lowest BCUT2D eigenvalue weighted by atomic mass is 10.0. The van der Waals surface area contributed by atoms with E-state index in [1.165, 1.54) is 17.1 Å². The van der Waals surface area contributed by atoms with Crippen molar-refractivity contribution in [2.45, 2.75) is 32.6 Å². The Kier molecular flexibility index (Phi) is 6.47. The van der Waals surface area contributed by atoms with Crippen molar-refractivity contribution in [2.75, 3.05) is 40.4 Å². The van der Waals surface area contributed by atoms with Crippen molar-refractivity contribution in [3.63, 3.8) is 0 Å². The molecule has 1 N–H and O–H groups in total. The molecule has 3 rings (SSSR count). The summed E-state index contributed by atoms with van der Waals surface area (Å²) in [5.41, 5.74) is 3.23. The molecule has 6 nitrogen and oxygen atoms in total. The minimum Gasteiger partial charge on any atom is -0.372 e. The van der Waals surface area contributed by atoms with E-state index in [0.29, 0.717) is 11.4 Å². The predicted molar refractivity (Wildman–Crippen MR) is 119 cm³/mol. The molecule has 1 heterocycles. The van der Waals surface area contributed by atoms with Gasteiger partial charge in [-0.15, -0.1) is 0 Å². The number of hydrogen-bond donors (Lipinski definition) is 1. The van der Waals surface area contributed by atoms with E-state index >= 15 is 0 Å². The van der Waals surface area contributed by atoms with Crippen molar-refractivity contribution in [1.29, 1.82) is 0 Å². The van der Waals surface area contributed by atoms with E-state index < -0.39 is 10.0 Å². The van der Waals surface area contributed by atoms with Crippen molar-refractivity contribution < 1.29 is 13.2 Å². The van der Waals surface area contributed by atoms with Gasteiger partial charge in [0.2, 0.25) is 15.9 Å². The largest absolute Gasteiger partial charge is 0.372 e. The third-order valence-electron chi connectivity index (χ3n) is 5.14. The summed E-state index contributed by atoms with van der Waals surface area (Å²) >= 11 is 0. The zero-order valence-corrected chi connectivity index (χ0v) is 18.1. The minimum absolute atomic E-state index is 0.136. The molecule has 7 heteroatoms. The Labute approximate surface area is 173 Å². The van der Waals surface area contributed by atoms with Gasteiger partial charge in [0.15, 0.2) is 0 Å². The molecule has 0 saturated carbocycles. The topological polar surface area (TPSA) is 69.7 Å². The van der Waals surface area contributed by atoms with Crippen LogP contribution in [-0.2, 0) is 14.8 Å². The highest BCUT2D eigenvalue weighted by Crippen LogP contribution is 2.29. The van der Waals surface area contributed by atoms with E-state index in [2.05, 4.69) is 10.2 Å². The maximum atomic E-state index is 12.6. The molecule has 0 spiro atoms. The zero-order chi connectivity index (χ0) is 21.0. The van der Waals surface area contributed by atoms with Crippen molar-refractivity contribution in [2.24, 2.45) is 0 Å². The summed E-state index contributed by atoms with van der Waals surface area (Å²) in [4.78, 5) is 15.0. The Morgan fingerprint density at radius 2 is 1.69 bits per heavy atom. The lowest BCUT2D eigenvalue weighted by Crippen LogP contribution is -2.38. The number of nitrogens with zero attached hydrogens (tertiary/aromatic N) is 2. The fourth-order valence-electron chi connectivity index (χ4n) is 3.65. The number of sulfonamides is 1. The van der Waals surface area contributed by atoms with Gasteiger partial charge in [0.25, 0.3) is 0 Å². The molecule has 1 aliphatic heterocycles. The summed E-state index contributed by atoms with van der Waals surface area (Å²) in [6, 6.07) is 15.0. The Bertz CT molecular complexity index is 950. The van der Waals surface area contributed by atoms with E-state index in [0.717, 1.165) is 30.6 Å². The smallest absolute Gasteiger partial charge is 0.245 e. The SMILES string of the molecule is CC(C)c1ccccc1N(CC(=O)Nc1ccc(N2CCCC2)cc1)S(C)(=O)=O. The maximum absolute atomic E-state index is 12.6. The van der Waals surface area contributed by atoms with Gasteiger partial charge in [0.1, 0.15) is 6.54 Å². The summed E-state index contributed by atoms with van der Waals surface area (Å²) < 4.78 is 26.0. The molecule has 0 atom stereocenters. The van der Waals surface area contributed by atoms with Crippen molar-refractivity contribution in [3.8, 4) is 0 Å². The number of amides is 1. The molecular formula is C22H29N3O3S. The van der Waals surface area contributed by atoms with Gasteiger partial charge < -0.3 is 10.2 Å². The van der Waals surface area contributed by atoms with Crippen molar-refractivity contribution in [3.05, 3.63) is 54.1 Å². The van der Waals surface area contributed by atoms with Gasteiger partial charge in [0, 0.05) is 24.5 Å². The lowest BCUT2D eigenvalue weighted by Gasteiger charge is -2.25. The van der Waals surface area contributed by atoms with E-state index in [4.69, 9.17) is 0 Å². The van der Waals surface area contributed by atoms with Crippen LogP contribution >= 0.6 is 0 Å². The molecule has 1 amide bonds. The molecule has 1 aliphatic rings. The average Bonchev–Trinajstić information content (AvgIpc) is 3.20. The molecule has 1 fully saturated rings. The fourth-order valence-corrected chi connectivity index (χ4v) is 4.52. The lowest BCUT2D eigenvalue weighted by molar-refractivity contribution is -0.114. The molecule has 1 saturated heterocycles.